The standard InChI is InChI=1S/C22H36O/c1-3-5-6-7-8-9-10-11-12-13-14-15-16-17-18-19-20-22(4-2)21-23/h5-6,8-9,11-12,14-15,17-18,22-23H,3-4,7,10,13,16,19-21H2,1-2H3. The van der Waals surface area contributed by atoms with Crippen LogP contribution in [0.25, 0.3) is 0 Å². The van der Waals surface area contributed by atoms with Gasteiger partial charge in [-0.2, -0.15) is 0 Å². The molecule has 1 N–H and O–H groups in total. The third kappa shape index (κ3) is 16.9. The molecule has 0 amide bonds. The second-order valence-electron chi connectivity index (χ2n) is 5.74. The second-order valence-corrected chi connectivity index (χ2v) is 5.74. The summed E-state index contributed by atoms with van der Waals surface area (Å²) in [6.07, 6.45) is 30.6. The van der Waals surface area contributed by atoms with Crippen molar-refractivity contribution in [1.82, 2.24) is 0 Å². The quantitative estimate of drug-likeness (QED) is 0.361. The van der Waals surface area contributed by atoms with Crippen molar-refractivity contribution in [3.8, 4) is 0 Å². The van der Waals surface area contributed by atoms with Gasteiger partial charge in [-0.05, 0) is 50.9 Å². The first-order valence-corrected chi connectivity index (χ1v) is 9.20. The van der Waals surface area contributed by atoms with Crippen LogP contribution in [-0.2, 0) is 0 Å². The molecule has 0 aromatic rings. The zero-order chi connectivity index (χ0) is 17.0. The fourth-order valence-electron chi connectivity index (χ4n) is 2.13. The van der Waals surface area contributed by atoms with Crippen molar-refractivity contribution >= 4 is 0 Å². The SMILES string of the molecule is CCC=CCC=CCC=CCC=CCC=CCCC(CC)CO. The lowest BCUT2D eigenvalue weighted by Gasteiger charge is -2.08. The first-order valence-electron chi connectivity index (χ1n) is 9.20. The largest absolute Gasteiger partial charge is 0.396 e. The van der Waals surface area contributed by atoms with Crippen LogP contribution in [0.1, 0.15) is 65.2 Å². The molecule has 0 heterocycles. The highest BCUT2D eigenvalue weighted by Crippen LogP contribution is 2.10. The Bertz CT molecular complexity index is 367. The van der Waals surface area contributed by atoms with E-state index in [9.17, 15) is 0 Å². The van der Waals surface area contributed by atoms with Crippen LogP contribution in [0.15, 0.2) is 60.8 Å². The van der Waals surface area contributed by atoms with Gasteiger partial charge in [-0.3, -0.25) is 0 Å². The number of allylic oxidation sites excluding steroid dienone is 10. The van der Waals surface area contributed by atoms with Crippen molar-refractivity contribution in [2.75, 3.05) is 6.61 Å². The monoisotopic (exact) mass is 316 g/mol. The number of aliphatic hydroxyl groups excluding tert-OH is 1. The lowest BCUT2D eigenvalue weighted by Crippen LogP contribution is -2.03. The maximum absolute atomic E-state index is 9.10. The number of hydrogen-bond donors (Lipinski definition) is 1. The molecule has 0 aromatic carbocycles. The van der Waals surface area contributed by atoms with Gasteiger partial charge in [-0.1, -0.05) is 81.0 Å². The summed E-state index contributed by atoms with van der Waals surface area (Å²) in [6.45, 7) is 4.62. The predicted molar refractivity (Wildman–Crippen MR) is 105 cm³/mol. The van der Waals surface area contributed by atoms with Crippen LogP contribution in [0.5, 0.6) is 0 Å². The summed E-state index contributed by atoms with van der Waals surface area (Å²) >= 11 is 0. The Balaban J connectivity index is 3.52. The van der Waals surface area contributed by atoms with Crippen LogP contribution < -0.4 is 0 Å². The van der Waals surface area contributed by atoms with E-state index in [4.69, 9.17) is 5.11 Å². The van der Waals surface area contributed by atoms with E-state index in [1.165, 1.54) is 0 Å². The van der Waals surface area contributed by atoms with Gasteiger partial charge in [0.15, 0.2) is 0 Å². The van der Waals surface area contributed by atoms with E-state index in [-0.39, 0.29) is 0 Å². The molecule has 0 rings (SSSR count). The van der Waals surface area contributed by atoms with E-state index in [0.717, 1.165) is 51.4 Å². The molecule has 1 heteroatoms. The molecule has 0 saturated heterocycles. The Morgan fingerprint density at radius 1 is 0.652 bits per heavy atom. The van der Waals surface area contributed by atoms with Crippen LogP contribution in [0.2, 0.25) is 0 Å². The molecule has 1 nitrogen and oxygen atoms in total. The average molecular weight is 317 g/mol. The van der Waals surface area contributed by atoms with E-state index in [0.29, 0.717) is 12.5 Å². The van der Waals surface area contributed by atoms with E-state index < -0.39 is 0 Å². The Morgan fingerprint density at radius 3 is 1.48 bits per heavy atom. The summed E-state index contributed by atoms with van der Waals surface area (Å²) in [6, 6.07) is 0. The molecule has 0 aliphatic heterocycles. The zero-order valence-electron chi connectivity index (χ0n) is 15.2. The van der Waals surface area contributed by atoms with Crippen LogP contribution in [-0.4, -0.2) is 11.7 Å². The molecule has 1 unspecified atom stereocenters. The molecule has 0 bridgehead atoms. The van der Waals surface area contributed by atoms with Gasteiger partial charge >= 0.3 is 0 Å². The zero-order valence-corrected chi connectivity index (χ0v) is 15.2. The summed E-state index contributed by atoms with van der Waals surface area (Å²) < 4.78 is 0. The fourth-order valence-corrected chi connectivity index (χ4v) is 2.13. The summed E-state index contributed by atoms with van der Waals surface area (Å²) in [5.41, 5.74) is 0. The van der Waals surface area contributed by atoms with Gasteiger partial charge in [0.05, 0.1) is 0 Å². The Morgan fingerprint density at radius 2 is 1.09 bits per heavy atom. The molecule has 0 aromatic heterocycles. The number of hydrogen-bond acceptors (Lipinski definition) is 1. The molecule has 0 spiro atoms. The fraction of sp³-hybridized carbons (Fsp3) is 0.545. The summed E-state index contributed by atoms with van der Waals surface area (Å²) in [5, 5.41) is 9.10. The molecular formula is C22H36O. The van der Waals surface area contributed by atoms with Gasteiger partial charge in [-0.15, -0.1) is 0 Å². The minimum Gasteiger partial charge on any atom is -0.396 e. The lowest BCUT2D eigenvalue weighted by atomic mass is 10.0. The van der Waals surface area contributed by atoms with Crippen LogP contribution in [0, 0.1) is 5.92 Å². The highest BCUT2D eigenvalue weighted by Gasteiger charge is 2.01. The van der Waals surface area contributed by atoms with Crippen LogP contribution in [0.3, 0.4) is 0 Å². The van der Waals surface area contributed by atoms with Crippen molar-refractivity contribution < 1.29 is 5.11 Å². The van der Waals surface area contributed by atoms with Gasteiger partial charge < -0.3 is 5.11 Å². The van der Waals surface area contributed by atoms with E-state index in [1.807, 2.05) is 0 Å². The first-order chi connectivity index (χ1) is 11.3. The van der Waals surface area contributed by atoms with E-state index in [1.54, 1.807) is 0 Å². The predicted octanol–water partition coefficient (Wildman–Crippen LogP) is 6.54. The van der Waals surface area contributed by atoms with E-state index >= 15 is 0 Å². The minimum atomic E-state index is 0.321. The molecule has 0 fully saturated rings. The maximum Gasteiger partial charge on any atom is 0.0459 e. The van der Waals surface area contributed by atoms with Gasteiger partial charge in [0.25, 0.3) is 0 Å². The van der Waals surface area contributed by atoms with E-state index in [2.05, 4.69) is 74.6 Å². The second kappa shape index (κ2) is 18.7. The average Bonchev–Trinajstić information content (AvgIpc) is 2.58. The van der Waals surface area contributed by atoms with Crippen molar-refractivity contribution in [2.45, 2.75) is 65.2 Å². The lowest BCUT2D eigenvalue weighted by molar-refractivity contribution is 0.215. The molecular weight excluding hydrogens is 280 g/mol. The molecule has 0 aliphatic carbocycles. The number of rotatable bonds is 14. The van der Waals surface area contributed by atoms with Gasteiger partial charge in [0, 0.05) is 6.61 Å². The highest BCUT2D eigenvalue weighted by molar-refractivity contribution is 5.00. The summed E-state index contributed by atoms with van der Waals surface area (Å²) in [5.74, 6) is 0.469. The number of aliphatic hydroxyl groups is 1. The van der Waals surface area contributed by atoms with Crippen molar-refractivity contribution in [3.63, 3.8) is 0 Å². The normalized spacial score (nSPS) is 14.4. The van der Waals surface area contributed by atoms with Gasteiger partial charge in [-0.25, -0.2) is 0 Å². The molecule has 130 valence electrons. The Kier molecular flexibility index (Phi) is 17.6. The third-order valence-corrected chi connectivity index (χ3v) is 3.73. The summed E-state index contributed by atoms with van der Waals surface area (Å²) in [7, 11) is 0. The molecule has 0 saturated carbocycles. The maximum atomic E-state index is 9.10. The van der Waals surface area contributed by atoms with Gasteiger partial charge in [0.2, 0.25) is 0 Å². The Labute approximate surface area is 144 Å². The minimum absolute atomic E-state index is 0.321. The van der Waals surface area contributed by atoms with Crippen molar-refractivity contribution in [3.05, 3.63) is 60.8 Å². The van der Waals surface area contributed by atoms with Gasteiger partial charge in [0.1, 0.15) is 0 Å². The molecule has 1 atom stereocenters. The molecule has 0 radical (unpaired) electrons. The third-order valence-electron chi connectivity index (χ3n) is 3.73. The van der Waals surface area contributed by atoms with Crippen molar-refractivity contribution in [1.29, 1.82) is 0 Å². The summed E-state index contributed by atoms with van der Waals surface area (Å²) in [4.78, 5) is 0. The smallest absolute Gasteiger partial charge is 0.0459 e. The topological polar surface area (TPSA) is 20.2 Å². The first kappa shape index (κ1) is 21.7. The highest BCUT2D eigenvalue weighted by atomic mass is 16.3. The molecule has 23 heavy (non-hydrogen) atoms. The van der Waals surface area contributed by atoms with Crippen LogP contribution >= 0.6 is 0 Å². The van der Waals surface area contributed by atoms with Crippen LogP contribution in [0.4, 0.5) is 0 Å². The molecule has 0 aliphatic rings. The Hall–Kier alpha value is -1.34. The van der Waals surface area contributed by atoms with Crippen molar-refractivity contribution in [2.24, 2.45) is 5.92 Å².